The first-order valence-electron chi connectivity index (χ1n) is 6.32. The molecule has 5 nitrogen and oxygen atoms in total. The van der Waals surface area contributed by atoms with Crippen molar-refractivity contribution in [3.05, 3.63) is 11.7 Å². The van der Waals surface area contributed by atoms with Crippen molar-refractivity contribution in [2.75, 3.05) is 13.7 Å². The summed E-state index contributed by atoms with van der Waals surface area (Å²) in [5.41, 5.74) is 0. The molecule has 0 amide bonds. The fourth-order valence-corrected chi connectivity index (χ4v) is 1.62. The highest BCUT2D eigenvalue weighted by Crippen LogP contribution is 2.20. The molecule has 1 aromatic rings. The molecule has 1 rings (SSSR count). The maximum absolute atomic E-state index is 5.35. The average Bonchev–Trinajstić information content (AvgIpc) is 2.82. The molecular weight excluding hydrogens is 218 g/mol. The van der Waals surface area contributed by atoms with Crippen LogP contribution in [0.4, 0.5) is 0 Å². The first-order chi connectivity index (χ1) is 8.22. The smallest absolute Gasteiger partial charge is 0.243 e. The van der Waals surface area contributed by atoms with E-state index in [1.165, 1.54) is 0 Å². The third-order valence-electron chi connectivity index (χ3n) is 2.65. The second-order valence-electron chi connectivity index (χ2n) is 4.18. The molecule has 0 spiro atoms. The molecule has 0 aromatic carbocycles. The summed E-state index contributed by atoms with van der Waals surface area (Å²) in [6.07, 6.45) is 2.97. The highest BCUT2D eigenvalue weighted by atomic mass is 16.5. The summed E-state index contributed by atoms with van der Waals surface area (Å²) in [4.78, 5) is 4.39. The molecule has 17 heavy (non-hydrogen) atoms. The molecule has 0 bridgehead atoms. The van der Waals surface area contributed by atoms with Gasteiger partial charge in [-0.15, -0.1) is 0 Å². The predicted octanol–water partition coefficient (Wildman–Crippen LogP) is 2.62. The summed E-state index contributed by atoms with van der Waals surface area (Å²) in [6, 6.07) is 0.0929. The van der Waals surface area contributed by atoms with Crippen LogP contribution < -0.4 is 5.32 Å². The van der Waals surface area contributed by atoms with Gasteiger partial charge in [0, 0.05) is 7.11 Å². The van der Waals surface area contributed by atoms with Gasteiger partial charge in [0.25, 0.3) is 0 Å². The van der Waals surface area contributed by atoms with E-state index in [2.05, 4.69) is 29.3 Å². The molecule has 0 saturated carbocycles. The van der Waals surface area contributed by atoms with Crippen molar-refractivity contribution in [2.24, 2.45) is 0 Å². The van der Waals surface area contributed by atoms with E-state index in [0.717, 1.165) is 25.8 Å². The van der Waals surface area contributed by atoms with Crippen LogP contribution in [0.2, 0.25) is 0 Å². The van der Waals surface area contributed by atoms with E-state index in [-0.39, 0.29) is 12.1 Å². The molecule has 98 valence electrons. The molecule has 5 heteroatoms. The lowest BCUT2D eigenvalue weighted by atomic mass is 10.2. The zero-order valence-corrected chi connectivity index (χ0v) is 11.2. The van der Waals surface area contributed by atoms with Crippen LogP contribution in [0.25, 0.3) is 0 Å². The summed E-state index contributed by atoms with van der Waals surface area (Å²) >= 11 is 0. The van der Waals surface area contributed by atoms with E-state index in [4.69, 9.17) is 9.26 Å². The van der Waals surface area contributed by atoms with Gasteiger partial charge in [0.2, 0.25) is 11.7 Å². The van der Waals surface area contributed by atoms with Gasteiger partial charge in [-0.3, -0.25) is 0 Å². The molecular formula is C12H23N3O2. The Morgan fingerprint density at radius 1 is 1.35 bits per heavy atom. The second-order valence-corrected chi connectivity index (χ2v) is 4.18. The predicted molar refractivity (Wildman–Crippen MR) is 65.7 cm³/mol. The van der Waals surface area contributed by atoms with Crippen LogP contribution in [0, 0.1) is 0 Å². The van der Waals surface area contributed by atoms with Crippen molar-refractivity contribution in [3.63, 3.8) is 0 Å². The SMILES string of the molecule is CCCNC(C)c1nc(C(CCC)OC)no1. The molecule has 2 atom stereocenters. The van der Waals surface area contributed by atoms with E-state index in [1.807, 2.05) is 6.92 Å². The molecule has 1 aromatic heterocycles. The molecule has 0 radical (unpaired) electrons. The first-order valence-corrected chi connectivity index (χ1v) is 6.32. The number of hydrogen-bond acceptors (Lipinski definition) is 5. The molecule has 0 aliphatic carbocycles. The minimum Gasteiger partial charge on any atom is -0.373 e. The zero-order chi connectivity index (χ0) is 12.7. The number of methoxy groups -OCH3 is 1. The molecule has 0 aliphatic heterocycles. The van der Waals surface area contributed by atoms with Gasteiger partial charge in [0.15, 0.2) is 0 Å². The van der Waals surface area contributed by atoms with Crippen LogP contribution in [0.5, 0.6) is 0 Å². The van der Waals surface area contributed by atoms with Crippen LogP contribution in [-0.2, 0) is 4.74 Å². The highest BCUT2D eigenvalue weighted by Gasteiger charge is 2.19. The molecule has 0 aliphatic rings. The zero-order valence-electron chi connectivity index (χ0n) is 11.2. The van der Waals surface area contributed by atoms with Crippen molar-refractivity contribution in [1.82, 2.24) is 15.5 Å². The maximum Gasteiger partial charge on any atom is 0.243 e. The Labute approximate surface area is 103 Å². The Morgan fingerprint density at radius 2 is 2.12 bits per heavy atom. The quantitative estimate of drug-likeness (QED) is 0.758. The van der Waals surface area contributed by atoms with Crippen LogP contribution in [-0.4, -0.2) is 23.8 Å². The molecule has 1 N–H and O–H groups in total. The summed E-state index contributed by atoms with van der Waals surface area (Å²) < 4.78 is 10.6. The van der Waals surface area contributed by atoms with Gasteiger partial charge < -0.3 is 14.6 Å². The van der Waals surface area contributed by atoms with E-state index in [1.54, 1.807) is 7.11 Å². The number of nitrogens with zero attached hydrogens (tertiary/aromatic N) is 2. The highest BCUT2D eigenvalue weighted by molar-refractivity contribution is 4.94. The standard InChI is InChI=1S/C12H23N3O2/c1-5-7-10(16-4)11-14-12(17-15-11)9(3)13-8-6-2/h9-10,13H,5-8H2,1-4H3. The Balaban J connectivity index is 2.62. The van der Waals surface area contributed by atoms with Gasteiger partial charge in [0.1, 0.15) is 6.10 Å². The number of rotatable bonds is 8. The van der Waals surface area contributed by atoms with Gasteiger partial charge in [-0.2, -0.15) is 4.98 Å². The van der Waals surface area contributed by atoms with E-state index >= 15 is 0 Å². The summed E-state index contributed by atoms with van der Waals surface area (Å²) in [6.45, 7) is 7.20. The van der Waals surface area contributed by atoms with E-state index in [0.29, 0.717) is 11.7 Å². The molecule has 0 saturated heterocycles. The van der Waals surface area contributed by atoms with Crippen molar-refractivity contribution in [3.8, 4) is 0 Å². The summed E-state index contributed by atoms with van der Waals surface area (Å²) in [5.74, 6) is 1.28. The van der Waals surface area contributed by atoms with Crippen LogP contribution in [0.1, 0.15) is 63.9 Å². The first kappa shape index (κ1) is 14.1. The second kappa shape index (κ2) is 7.40. The number of hydrogen-bond donors (Lipinski definition) is 1. The Morgan fingerprint density at radius 3 is 2.71 bits per heavy atom. The van der Waals surface area contributed by atoms with Gasteiger partial charge in [-0.05, 0) is 26.3 Å². The minimum atomic E-state index is -0.0594. The fourth-order valence-electron chi connectivity index (χ4n) is 1.62. The fraction of sp³-hybridized carbons (Fsp3) is 0.833. The van der Waals surface area contributed by atoms with Crippen LogP contribution >= 0.6 is 0 Å². The number of nitrogens with one attached hydrogen (secondary N) is 1. The van der Waals surface area contributed by atoms with E-state index in [9.17, 15) is 0 Å². The lowest BCUT2D eigenvalue weighted by Gasteiger charge is -2.09. The van der Waals surface area contributed by atoms with Crippen molar-refractivity contribution < 1.29 is 9.26 Å². The van der Waals surface area contributed by atoms with Gasteiger partial charge >= 0.3 is 0 Å². The normalized spacial score (nSPS) is 14.8. The third-order valence-corrected chi connectivity index (χ3v) is 2.65. The van der Waals surface area contributed by atoms with Gasteiger partial charge in [-0.1, -0.05) is 25.4 Å². The largest absolute Gasteiger partial charge is 0.373 e. The minimum absolute atomic E-state index is 0.0594. The summed E-state index contributed by atoms with van der Waals surface area (Å²) in [7, 11) is 1.68. The topological polar surface area (TPSA) is 60.2 Å². The third kappa shape index (κ3) is 4.09. The van der Waals surface area contributed by atoms with Crippen LogP contribution in [0.3, 0.4) is 0 Å². The Bertz CT molecular complexity index is 314. The monoisotopic (exact) mass is 241 g/mol. The maximum atomic E-state index is 5.35. The van der Waals surface area contributed by atoms with E-state index < -0.39 is 0 Å². The van der Waals surface area contributed by atoms with Gasteiger partial charge in [-0.25, -0.2) is 0 Å². The molecule has 2 unspecified atom stereocenters. The van der Waals surface area contributed by atoms with Crippen molar-refractivity contribution >= 4 is 0 Å². The Kier molecular flexibility index (Phi) is 6.15. The van der Waals surface area contributed by atoms with Gasteiger partial charge in [0.05, 0.1) is 6.04 Å². The summed E-state index contributed by atoms with van der Waals surface area (Å²) in [5, 5.41) is 7.30. The van der Waals surface area contributed by atoms with Crippen molar-refractivity contribution in [2.45, 2.75) is 52.2 Å². The molecule has 0 fully saturated rings. The lowest BCUT2D eigenvalue weighted by Crippen LogP contribution is -2.19. The lowest BCUT2D eigenvalue weighted by molar-refractivity contribution is 0.0854. The molecule has 1 heterocycles. The average molecular weight is 241 g/mol. The van der Waals surface area contributed by atoms with Crippen molar-refractivity contribution in [1.29, 1.82) is 0 Å². The van der Waals surface area contributed by atoms with Crippen LogP contribution in [0.15, 0.2) is 4.52 Å². The number of aromatic nitrogens is 2. The Hall–Kier alpha value is -0.940. The number of ether oxygens (including phenoxy) is 1.